The quantitative estimate of drug-likeness (QED) is 0.647. The maximum atomic E-state index is 7.64. The van der Waals surface area contributed by atoms with E-state index in [2.05, 4.69) is 22.9 Å². The van der Waals surface area contributed by atoms with Gasteiger partial charge in [0.1, 0.15) is 11.6 Å². The molecule has 0 bridgehead atoms. The standard InChI is InChI=1S/C15H21BrN2O/c1-2-10-4-3-5-12(8-10)19-14-7-6-11(16)9-13(14)15(17)18/h6-7,9-10,12H,2-5,8H2,1H3,(H3,17,18). The van der Waals surface area contributed by atoms with E-state index in [9.17, 15) is 0 Å². The number of nitrogen functional groups attached to an aromatic ring is 1. The van der Waals surface area contributed by atoms with Crippen LogP contribution in [-0.4, -0.2) is 11.9 Å². The molecule has 2 atom stereocenters. The zero-order chi connectivity index (χ0) is 13.8. The Morgan fingerprint density at radius 2 is 2.26 bits per heavy atom. The predicted molar refractivity (Wildman–Crippen MR) is 81.8 cm³/mol. The molecule has 0 aliphatic heterocycles. The van der Waals surface area contributed by atoms with Crippen LogP contribution in [0.1, 0.15) is 44.6 Å². The molecule has 0 saturated heterocycles. The van der Waals surface area contributed by atoms with Crippen LogP contribution < -0.4 is 10.5 Å². The Labute approximate surface area is 123 Å². The number of hydrogen-bond acceptors (Lipinski definition) is 2. The number of halogens is 1. The second-order valence-electron chi connectivity index (χ2n) is 5.23. The molecule has 1 aromatic rings. The Morgan fingerprint density at radius 3 is 2.95 bits per heavy atom. The average Bonchev–Trinajstić information content (AvgIpc) is 2.41. The van der Waals surface area contributed by atoms with Gasteiger partial charge in [-0.15, -0.1) is 0 Å². The van der Waals surface area contributed by atoms with Gasteiger partial charge in [-0.1, -0.05) is 35.7 Å². The monoisotopic (exact) mass is 324 g/mol. The number of nitrogens with one attached hydrogen (secondary N) is 1. The van der Waals surface area contributed by atoms with Crippen molar-refractivity contribution in [1.82, 2.24) is 0 Å². The van der Waals surface area contributed by atoms with E-state index in [0.29, 0.717) is 5.56 Å². The molecule has 0 amide bonds. The van der Waals surface area contributed by atoms with E-state index in [1.165, 1.54) is 19.3 Å². The third kappa shape index (κ3) is 3.72. The minimum atomic E-state index is 0.0548. The van der Waals surface area contributed by atoms with Crippen LogP contribution in [0.3, 0.4) is 0 Å². The van der Waals surface area contributed by atoms with Gasteiger partial charge in [-0.05, 0) is 43.4 Å². The summed E-state index contributed by atoms with van der Waals surface area (Å²) in [6.07, 6.45) is 6.25. The molecule has 1 aliphatic rings. The Morgan fingerprint density at radius 1 is 1.47 bits per heavy atom. The van der Waals surface area contributed by atoms with Gasteiger partial charge in [-0.3, -0.25) is 5.41 Å². The molecular formula is C15H21BrN2O. The molecular weight excluding hydrogens is 304 g/mol. The van der Waals surface area contributed by atoms with Crippen LogP contribution in [0, 0.1) is 11.3 Å². The van der Waals surface area contributed by atoms with E-state index in [-0.39, 0.29) is 11.9 Å². The van der Waals surface area contributed by atoms with Gasteiger partial charge < -0.3 is 10.5 Å². The molecule has 19 heavy (non-hydrogen) atoms. The first kappa shape index (κ1) is 14.4. The number of ether oxygens (including phenoxy) is 1. The van der Waals surface area contributed by atoms with E-state index in [1.54, 1.807) is 0 Å². The Bertz CT molecular complexity index is 461. The van der Waals surface area contributed by atoms with Crippen LogP contribution in [0.2, 0.25) is 0 Å². The molecule has 3 nitrogen and oxygen atoms in total. The molecule has 4 heteroatoms. The SMILES string of the molecule is CCC1CCCC(Oc2ccc(Br)cc2C(=N)N)C1. The van der Waals surface area contributed by atoms with Crippen LogP contribution in [-0.2, 0) is 0 Å². The molecule has 3 N–H and O–H groups in total. The zero-order valence-electron chi connectivity index (χ0n) is 11.3. The minimum Gasteiger partial charge on any atom is -0.490 e. The highest BCUT2D eigenvalue weighted by molar-refractivity contribution is 9.10. The van der Waals surface area contributed by atoms with Crippen LogP contribution in [0.4, 0.5) is 0 Å². The maximum absolute atomic E-state index is 7.64. The van der Waals surface area contributed by atoms with Crippen LogP contribution in [0.5, 0.6) is 5.75 Å². The fourth-order valence-corrected chi connectivity index (χ4v) is 3.08. The number of amidine groups is 1. The van der Waals surface area contributed by atoms with Crippen molar-refractivity contribution in [1.29, 1.82) is 5.41 Å². The minimum absolute atomic E-state index is 0.0548. The molecule has 1 aromatic carbocycles. The third-order valence-corrected chi connectivity index (χ3v) is 4.33. The summed E-state index contributed by atoms with van der Waals surface area (Å²) in [5.74, 6) is 1.56. The molecule has 0 spiro atoms. The van der Waals surface area contributed by atoms with Gasteiger partial charge in [0.05, 0.1) is 11.7 Å². The fourth-order valence-electron chi connectivity index (χ4n) is 2.71. The molecule has 1 aliphatic carbocycles. The first-order valence-electron chi connectivity index (χ1n) is 6.90. The van der Waals surface area contributed by atoms with Crippen LogP contribution in [0.15, 0.2) is 22.7 Å². The molecule has 0 aromatic heterocycles. The lowest BCUT2D eigenvalue weighted by Crippen LogP contribution is -2.26. The zero-order valence-corrected chi connectivity index (χ0v) is 12.9. The smallest absolute Gasteiger partial charge is 0.130 e. The molecule has 0 heterocycles. The van der Waals surface area contributed by atoms with Crippen molar-refractivity contribution < 1.29 is 4.74 Å². The molecule has 1 fully saturated rings. The first-order valence-corrected chi connectivity index (χ1v) is 7.70. The van der Waals surface area contributed by atoms with Gasteiger partial charge in [0.25, 0.3) is 0 Å². The van der Waals surface area contributed by atoms with E-state index in [1.807, 2.05) is 18.2 Å². The van der Waals surface area contributed by atoms with Crippen molar-refractivity contribution >= 4 is 21.8 Å². The van der Waals surface area contributed by atoms with E-state index in [4.69, 9.17) is 15.9 Å². The van der Waals surface area contributed by atoms with Crippen molar-refractivity contribution in [3.63, 3.8) is 0 Å². The molecule has 0 radical (unpaired) electrons. The summed E-state index contributed by atoms with van der Waals surface area (Å²) in [6.45, 7) is 2.24. The summed E-state index contributed by atoms with van der Waals surface area (Å²) >= 11 is 3.40. The lowest BCUT2D eigenvalue weighted by atomic mass is 9.85. The van der Waals surface area contributed by atoms with Gasteiger partial charge in [0.2, 0.25) is 0 Å². The van der Waals surface area contributed by atoms with Crippen molar-refractivity contribution in [2.45, 2.75) is 45.1 Å². The Hall–Kier alpha value is -1.03. The highest BCUT2D eigenvalue weighted by Gasteiger charge is 2.23. The first-order chi connectivity index (χ1) is 9.10. The van der Waals surface area contributed by atoms with Gasteiger partial charge in [-0.25, -0.2) is 0 Å². The Kier molecular flexibility index (Phi) is 4.86. The molecule has 104 valence electrons. The van der Waals surface area contributed by atoms with Crippen molar-refractivity contribution in [2.24, 2.45) is 11.7 Å². The van der Waals surface area contributed by atoms with E-state index >= 15 is 0 Å². The molecule has 2 unspecified atom stereocenters. The fraction of sp³-hybridized carbons (Fsp3) is 0.533. The lowest BCUT2D eigenvalue weighted by Gasteiger charge is -2.29. The molecule has 2 rings (SSSR count). The summed E-state index contributed by atoms with van der Waals surface area (Å²) in [5, 5.41) is 7.64. The summed E-state index contributed by atoms with van der Waals surface area (Å²) in [7, 11) is 0. The van der Waals surface area contributed by atoms with Gasteiger partial charge in [0.15, 0.2) is 0 Å². The normalized spacial score (nSPS) is 23.1. The summed E-state index contributed by atoms with van der Waals surface area (Å²) in [6, 6.07) is 5.68. The highest BCUT2D eigenvalue weighted by atomic mass is 79.9. The topological polar surface area (TPSA) is 59.1 Å². The number of benzene rings is 1. The van der Waals surface area contributed by atoms with Crippen molar-refractivity contribution in [3.8, 4) is 5.75 Å². The Balaban J connectivity index is 2.12. The van der Waals surface area contributed by atoms with E-state index in [0.717, 1.165) is 29.0 Å². The van der Waals surface area contributed by atoms with Crippen molar-refractivity contribution in [3.05, 3.63) is 28.2 Å². The lowest BCUT2D eigenvalue weighted by molar-refractivity contribution is 0.122. The summed E-state index contributed by atoms with van der Waals surface area (Å²) < 4.78 is 7.01. The largest absolute Gasteiger partial charge is 0.490 e. The third-order valence-electron chi connectivity index (χ3n) is 3.84. The highest BCUT2D eigenvalue weighted by Crippen LogP contribution is 2.31. The van der Waals surface area contributed by atoms with Gasteiger partial charge >= 0.3 is 0 Å². The second-order valence-corrected chi connectivity index (χ2v) is 6.15. The van der Waals surface area contributed by atoms with Crippen LogP contribution >= 0.6 is 15.9 Å². The van der Waals surface area contributed by atoms with E-state index < -0.39 is 0 Å². The summed E-state index contributed by atoms with van der Waals surface area (Å²) in [5.41, 5.74) is 6.30. The predicted octanol–water partition coefficient (Wildman–Crippen LogP) is 4.08. The van der Waals surface area contributed by atoms with Crippen molar-refractivity contribution in [2.75, 3.05) is 0 Å². The number of hydrogen-bond donors (Lipinski definition) is 2. The average molecular weight is 325 g/mol. The van der Waals surface area contributed by atoms with Crippen LogP contribution in [0.25, 0.3) is 0 Å². The van der Waals surface area contributed by atoms with Gasteiger partial charge in [0, 0.05) is 4.47 Å². The maximum Gasteiger partial charge on any atom is 0.130 e. The number of nitrogens with two attached hydrogens (primary N) is 1. The second kappa shape index (κ2) is 6.42. The summed E-state index contributed by atoms with van der Waals surface area (Å²) in [4.78, 5) is 0. The molecule has 1 saturated carbocycles. The number of rotatable bonds is 4. The van der Waals surface area contributed by atoms with Gasteiger partial charge in [-0.2, -0.15) is 0 Å².